The number of sulfonamides is 1. The SMILES string of the molecule is CC(C)(C)[C@@H](NS(=O)(=O)CCCCCN1CC(=O)NC1O)c1ccc(F)c(OCC2CC2)c1. The molecule has 1 heterocycles. The third-order valence-corrected chi connectivity index (χ3v) is 7.39. The highest BCUT2D eigenvalue weighted by atomic mass is 32.2. The van der Waals surface area contributed by atoms with Crippen LogP contribution in [0, 0.1) is 17.2 Å². The Bertz CT molecular complexity index is 931. The number of unbranched alkanes of at least 4 members (excludes halogenated alkanes) is 2. The summed E-state index contributed by atoms with van der Waals surface area (Å²) < 4.78 is 48.3. The van der Waals surface area contributed by atoms with Crippen molar-refractivity contribution >= 4 is 15.9 Å². The molecule has 186 valence electrons. The normalized spacial score (nSPS) is 20.6. The fraction of sp³-hybridized carbons (Fsp3) is 0.696. The summed E-state index contributed by atoms with van der Waals surface area (Å²) in [5.41, 5.74) is 0.225. The monoisotopic (exact) mass is 485 g/mol. The molecule has 1 saturated carbocycles. The number of amides is 1. The van der Waals surface area contributed by atoms with Gasteiger partial charge in [-0.15, -0.1) is 0 Å². The first kappa shape index (κ1) is 25.9. The zero-order chi connectivity index (χ0) is 24.2. The number of nitrogens with zero attached hydrogens (tertiary/aromatic N) is 1. The minimum absolute atomic E-state index is 0.0362. The van der Waals surface area contributed by atoms with E-state index in [0.29, 0.717) is 43.9 Å². The average molecular weight is 486 g/mol. The van der Waals surface area contributed by atoms with Gasteiger partial charge >= 0.3 is 0 Å². The van der Waals surface area contributed by atoms with E-state index in [1.54, 1.807) is 17.0 Å². The van der Waals surface area contributed by atoms with Crippen LogP contribution in [0.5, 0.6) is 5.75 Å². The van der Waals surface area contributed by atoms with Crippen molar-refractivity contribution in [3.8, 4) is 5.75 Å². The maximum Gasteiger partial charge on any atom is 0.237 e. The Labute approximate surface area is 195 Å². The van der Waals surface area contributed by atoms with Crippen molar-refractivity contribution in [3.05, 3.63) is 29.6 Å². The van der Waals surface area contributed by atoms with Gasteiger partial charge in [0.2, 0.25) is 15.9 Å². The number of ether oxygens (including phenoxy) is 1. The molecule has 0 radical (unpaired) electrons. The molecule has 1 unspecified atom stereocenters. The number of benzene rings is 1. The van der Waals surface area contributed by atoms with Crippen molar-refractivity contribution in [1.29, 1.82) is 0 Å². The first-order valence-corrected chi connectivity index (χ1v) is 13.2. The van der Waals surface area contributed by atoms with Gasteiger partial charge in [0.15, 0.2) is 17.9 Å². The second kappa shape index (κ2) is 10.7. The van der Waals surface area contributed by atoms with Gasteiger partial charge in [-0.05, 0) is 54.7 Å². The van der Waals surface area contributed by atoms with E-state index in [0.717, 1.165) is 12.8 Å². The molecule has 3 rings (SSSR count). The molecule has 2 atom stereocenters. The number of hydrogen-bond donors (Lipinski definition) is 3. The molecule has 2 aliphatic rings. The zero-order valence-electron chi connectivity index (χ0n) is 19.6. The summed E-state index contributed by atoms with van der Waals surface area (Å²) in [6.45, 7) is 6.95. The van der Waals surface area contributed by atoms with Crippen molar-refractivity contribution in [1.82, 2.24) is 14.9 Å². The van der Waals surface area contributed by atoms with Crippen LogP contribution in [0.2, 0.25) is 0 Å². The van der Waals surface area contributed by atoms with Crippen LogP contribution in [0.1, 0.15) is 64.5 Å². The minimum Gasteiger partial charge on any atom is -0.490 e. The fourth-order valence-electron chi connectivity index (χ4n) is 3.82. The van der Waals surface area contributed by atoms with Crippen molar-refractivity contribution in [2.75, 3.05) is 25.4 Å². The van der Waals surface area contributed by atoms with E-state index < -0.39 is 33.6 Å². The molecule has 1 saturated heterocycles. The van der Waals surface area contributed by atoms with Gasteiger partial charge in [0.05, 0.1) is 24.9 Å². The lowest BCUT2D eigenvalue weighted by Crippen LogP contribution is -2.38. The number of nitrogens with one attached hydrogen (secondary N) is 2. The van der Waals surface area contributed by atoms with Crippen molar-refractivity contribution in [3.63, 3.8) is 0 Å². The summed E-state index contributed by atoms with van der Waals surface area (Å²) in [4.78, 5) is 12.9. The molecule has 3 N–H and O–H groups in total. The lowest BCUT2D eigenvalue weighted by atomic mass is 9.83. The maximum absolute atomic E-state index is 14.2. The van der Waals surface area contributed by atoms with Gasteiger partial charge in [-0.2, -0.15) is 0 Å². The van der Waals surface area contributed by atoms with Crippen LogP contribution in [0.3, 0.4) is 0 Å². The number of halogens is 1. The molecule has 0 spiro atoms. The molecular formula is C23H36FN3O5S. The van der Waals surface area contributed by atoms with Crippen LogP contribution in [0.25, 0.3) is 0 Å². The quantitative estimate of drug-likeness (QED) is 0.393. The van der Waals surface area contributed by atoms with Crippen LogP contribution in [-0.4, -0.2) is 56.1 Å². The first-order chi connectivity index (χ1) is 15.4. The van der Waals surface area contributed by atoms with E-state index in [1.807, 2.05) is 20.8 Å². The Morgan fingerprint density at radius 1 is 1.27 bits per heavy atom. The second-order valence-corrected chi connectivity index (χ2v) is 12.0. The van der Waals surface area contributed by atoms with Crippen LogP contribution in [-0.2, 0) is 14.8 Å². The first-order valence-electron chi connectivity index (χ1n) is 11.6. The number of rotatable bonds is 12. The van der Waals surface area contributed by atoms with E-state index in [4.69, 9.17) is 4.74 Å². The highest BCUT2D eigenvalue weighted by Gasteiger charge is 2.31. The number of carbonyl (C=O) groups is 1. The molecule has 1 amide bonds. The molecule has 1 aliphatic heterocycles. The molecule has 10 heteroatoms. The van der Waals surface area contributed by atoms with Crippen LogP contribution >= 0.6 is 0 Å². The van der Waals surface area contributed by atoms with Crippen LogP contribution in [0.4, 0.5) is 4.39 Å². The number of aliphatic hydroxyl groups is 1. The summed E-state index contributed by atoms with van der Waals surface area (Å²) in [6, 6.07) is 4.00. The van der Waals surface area contributed by atoms with Crippen molar-refractivity contribution in [2.45, 2.75) is 65.3 Å². The average Bonchev–Trinajstić information content (AvgIpc) is 3.48. The standard InChI is InChI=1S/C23H36FN3O5S/c1-23(2,3)21(17-9-10-18(24)19(13-17)32-15-16-7-8-16)26-33(30,31)12-6-4-5-11-27-14-20(28)25-22(27)29/h9-10,13,16,21-22,26,29H,4-8,11-12,14-15H2,1-3H3,(H,25,28)/t21-,22?/m0/s1. The molecule has 2 fully saturated rings. The van der Waals surface area contributed by atoms with Gasteiger partial charge in [-0.25, -0.2) is 17.5 Å². The summed E-state index contributed by atoms with van der Waals surface area (Å²) in [7, 11) is -3.58. The van der Waals surface area contributed by atoms with Crippen LogP contribution < -0.4 is 14.8 Å². The molecule has 0 aromatic heterocycles. The molecular weight excluding hydrogens is 449 g/mol. The molecule has 1 aliphatic carbocycles. The highest BCUT2D eigenvalue weighted by molar-refractivity contribution is 7.89. The topological polar surface area (TPSA) is 108 Å². The Balaban J connectivity index is 1.55. The lowest BCUT2D eigenvalue weighted by molar-refractivity contribution is -0.119. The zero-order valence-corrected chi connectivity index (χ0v) is 20.5. The summed E-state index contributed by atoms with van der Waals surface area (Å²) in [6.07, 6.45) is 3.00. The Morgan fingerprint density at radius 3 is 2.61 bits per heavy atom. The van der Waals surface area contributed by atoms with Gasteiger partial charge in [0.25, 0.3) is 0 Å². The predicted molar refractivity (Wildman–Crippen MR) is 123 cm³/mol. The highest BCUT2D eigenvalue weighted by Crippen LogP contribution is 2.36. The second-order valence-electron chi connectivity index (χ2n) is 10.2. The summed E-state index contributed by atoms with van der Waals surface area (Å²) >= 11 is 0. The number of aliphatic hydroxyl groups excluding tert-OH is 1. The fourth-order valence-corrected chi connectivity index (χ4v) is 5.37. The van der Waals surface area contributed by atoms with E-state index in [2.05, 4.69) is 10.0 Å². The van der Waals surface area contributed by atoms with Gasteiger partial charge in [0, 0.05) is 6.54 Å². The molecule has 33 heavy (non-hydrogen) atoms. The molecule has 1 aromatic rings. The number of hydrogen-bond acceptors (Lipinski definition) is 6. The van der Waals surface area contributed by atoms with E-state index in [-0.39, 0.29) is 24.0 Å². The Kier molecular flexibility index (Phi) is 8.36. The van der Waals surface area contributed by atoms with Crippen molar-refractivity contribution in [2.24, 2.45) is 11.3 Å². The third kappa shape index (κ3) is 7.91. The summed E-state index contributed by atoms with van der Waals surface area (Å²) in [5.74, 6) is -0.0642. The molecule has 1 aromatic carbocycles. The van der Waals surface area contributed by atoms with E-state index >= 15 is 0 Å². The predicted octanol–water partition coefficient (Wildman–Crippen LogP) is 2.50. The van der Waals surface area contributed by atoms with E-state index in [1.165, 1.54) is 6.07 Å². The Morgan fingerprint density at radius 2 is 2.00 bits per heavy atom. The van der Waals surface area contributed by atoms with Crippen molar-refractivity contribution < 1.29 is 27.4 Å². The van der Waals surface area contributed by atoms with Gasteiger partial charge in [0.1, 0.15) is 0 Å². The smallest absolute Gasteiger partial charge is 0.237 e. The largest absolute Gasteiger partial charge is 0.490 e. The van der Waals surface area contributed by atoms with Gasteiger partial charge < -0.3 is 15.2 Å². The number of carbonyl (C=O) groups excluding carboxylic acids is 1. The van der Waals surface area contributed by atoms with Crippen LogP contribution in [0.15, 0.2) is 18.2 Å². The lowest BCUT2D eigenvalue weighted by Gasteiger charge is -2.32. The molecule has 8 nitrogen and oxygen atoms in total. The summed E-state index contributed by atoms with van der Waals surface area (Å²) in [5, 5.41) is 12.1. The van der Waals surface area contributed by atoms with E-state index in [9.17, 15) is 22.7 Å². The van der Waals surface area contributed by atoms with Gasteiger partial charge in [-0.3, -0.25) is 9.69 Å². The minimum atomic E-state index is -3.58. The Hall–Kier alpha value is -1.75. The van der Waals surface area contributed by atoms with Gasteiger partial charge in [-0.1, -0.05) is 33.3 Å². The maximum atomic E-state index is 14.2. The third-order valence-electron chi connectivity index (χ3n) is 5.96. The molecule has 0 bridgehead atoms.